The lowest BCUT2D eigenvalue weighted by Crippen LogP contribution is -2.50. The fourth-order valence-corrected chi connectivity index (χ4v) is 2.94. The molecule has 4 nitrogen and oxygen atoms in total. The lowest BCUT2D eigenvalue weighted by atomic mass is 9.84. The van der Waals surface area contributed by atoms with Gasteiger partial charge in [0.2, 0.25) is 0 Å². The van der Waals surface area contributed by atoms with Crippen molar-refractivity contribution in [3.8, 4) is 0 Å². The van der Waals surface area contributed by atoms with Crippen molar-refractivity contribution in [1.29, 1.82) is 0 Å². The molecule has 2 aromatic rings. The first kappa shape index (κ1) is 14.1. The Morgan fingerprint density at radius 3 is 2.95 bits per heavy atom. The topological polar surface area (TPSA) is 53.7 Å². The highest BCUT2D eigenvalue weighted by atomic mass is 16.3. The predicted molar refractivity (Wildman–Crippen MR) is 81.3 cm³/mol. The zero-order valence-corrected chi connectivity index (χ0v) is 12.7. The summed E-state index contributed by atoms with van der Waals surface area (Å²) in [5, 5.41) is 11.2. The summed E-state index contributed by atoms with van der Waals surface area (Å²) in [6, 6.07) is 7.58. The van der Waals surface area contributed by atoms with Crippen LogP contribution in [0.1, 0.15) is 36.4 Å². The Balaban J connectivity index is 1.91. The second-order valence-electron chi connectivity index (χ2n) is 6.34. The van der Waals surface area contributed by atoms with Crippen LogP contribution in [0.2, 0.25) is 0 Å². The highest BCUT2D eigenvalue weighted by molar-refractivity contribution is 6.05. The number of rotatable bonds is 1. The van der Waals surface area contributed by atoms with E-state index in [1.54, 1.807) is 0 Å². The average Bonchev–Trinajstić information content (AvgIpc) is 2.81. The smallest absolute Gasteiger partial charge is 0.257 e. The molecule has 0 spiro atoms. The van der Waals surface area contributed by atoms with Gasteiger partial charge in [0.1, 0.15) is 11.3 Å². The number of aryl methyl sites for hydroxylation is 1. The van der Waals surface area contributed by atoms with Crippen LogP contribution in [0.4, 0.5) is 0 Å². The predicted octanol–water partition coefficient (Wildman–Crippen LogP) is 2.97. The molecule has 0 radical (unpaired) electrons. The van der Waals surface area contributed by atoms with E-state index in [0.717, 1.165) is 11.1 Å². The van der Waals surface area contributed by atoms with Crippen LogP contribution >= 0.6 is 0 Å². The molecule has 1 aliphatic rings. The SMILES string of the molecule is Cc1cc2cccc(C(=O)N3CC[C@](C)(O)[C@H](C)C3)c2o1. The first-order valence-corrected chi connectivity index (χ1v) is 7.39. The molecule has 1 amide bonds. The van der Waals surface area contributed by atoms with Crippen LogP contribution in [-0.4, -0.2) is 34.6 Å². The first-order chi connectivity index (χ1) is 9.88. The number of carbonyl (C=O) groups is 1. The fraction of sp³-hybridized carbons (Fsp3) is 0.471. The molecule has 1 aromatic carbocycles. The number of aliphatic hydroxyl groups is 1. The second-order valence-corrected chi connectivity index (χ2v) is 6.34. The Morgan fingerprint density at radius 1 is 1.48 bits per heavy atom. The van der Waals surface area contributed by atoms with E-state index in [2.05, 4.69) is 0 Å². The van der Waals surface area contributed by atoms with Gasteiger partial charge < -0.3 is 14.4 Å². The highest BCUT2D eigenvalue weighted by Gasteiger charge is 2.36. The minimum atomic E-state index is -0.690. The van der Waals surface area contributed by atoms with Crippen molar-refractivity contribution in [2.75, 3.05) is 13.1 Å². The third-order valence-electron chi connectivity index (χ3n) is 4.63. The first-order valence-electron chi connectivity index (χ1n) is 7.39. The van der Waals surface area contributed by atoms with Gasteiger partial charge in [-0.25, -0.2) is 0 Å². The second kappa shape index (κ2) is 4.88. The number of carbonyl (C=O) groups excluding carboxylic acids is 1. The minimum Gasteiger partial charge on any atom is -0.461 e. The number of para-hydroxylation sites is 1. The average molecular weight is 287 g/mol. The van der Waals surface area contributed by atoms with Crippen molar-refractivity contribution in [2.45, 2.75) is 32.8 Å². The van der Waals surface area contributed by atoms with Crippen LogP contribution in [0.15, 0.2) is 28.7 Å². The van der Waals surface area contributed by atoms with Crippen LogP contribution < -0.4 is 0 Å². The van der Waals surface area contributed by atoms with Crippen molar-refractivity contribution in [2.24, 2.45) is 5.92 Å². The Hall–Kier alpha value is -1.81. The molecule has 112 valence electrons. The van der Waals surface area contributed by atoms with Gasteiger partial charge in [-0.2, -0.15) is 0 Å². The monoisotopic (exact) mass is 287 g/mol. The number of amides is 1. The Morgan fingerprint density at radius 2 is 2.24 bits per heavy atom. The summed E-state index contributed by atoms with van der Waals surface area (Å²) in [5.41, 5.74) is 0.573. The van der Waals surface area contributed by atoms with Crippen LogP contribution in [0.3, 0.4) is 0 Å². The molecule has 0 aliphatic carbocycles. The van der Waals surface area contributed by atoms with Crippen molar-refractivity contribution in [1.82, 2.24) is 4.90 Å². The van der Waals surface area contributed by atoms with Crippen molar-refractivity contribution in [3.05, 3.63) is 35.6 Å². The highest BCUT2D eigenvalue weighted by Crippen LogP contribution is 2.30. The van der Waals surface area contributed by atoms with Gasteiger partial charge in [0.15, 0.2) is 0 Å². The summed E-state index contributed by atoms with van der Waals surface area (Å²) in [6.45, 7) is 6.86. The summed E-state index contributed by atoms with van der Waals surface area (Å²) >= 11 is 0. The van der Waals surface area contributed by atoms with Crippen molar-refractivity contribution < 1.29 is 14.3 Å². The number of furan rings is 1. The van der Waals surface area contributed by atoms with Gasteiger partial charge >= 0.3 is 0 Å². The maximum Gasteiger partial charge on any atom is 0.257 e. The summed E-state index contributed by atoms with van der Waals surface area (Å²) < 4.78 is 5.68. The van der Waals surface area contributed by atoms with E-state index in [1.807, 2.05) is 49.9 Å². The Kier molecular flexibility index (Phi) is 3.29. The maximum absolute atomic E-state index is 12.8. The van der Waals surface area contributed by atoms with Gasteiger partial charge in [-0.05, 0) is 32.4 Å². The van der Waals surface area contributed by atoms with E-state index >= 15 is 0 Å². The Labute approximate surface area is 124 Å². The number of likely N-dealkylation sites (tertiary alicyclic amines) is 1. The standard InChI is InChI=1S/C17H21NO3/c1-11-10-18(8-7-17(11,3)20)16(19)14-6-4-5-13-9-12(2)21-15(13)14/h4-6,9,11,20H,7-8,10H2,1-3H3/t11-,17+/m1/s1. The molecule has 0 bridgehead atoms. The zero-order chi connectivity index (χ0) is 15.2. The largest absolute Gasteiger partial charge is 0.461 e. The number of hydrogen-bond donors (Lipinski definition) is 1. The number of benzene rings is 1. The molecule has 1 aliphatic heterocycles. The van der Waals surface area contributed by atoms with Gasteiger partial charge in [-0.15, -0.1) is 0 Å². The molecule has 1 aromatic heterocycles. The van der Waals surface area contributed by atoms with Crippen LogP contribution in [0.25, 0.3) is 11.0 Å². The molecule has 0 saturated carbocycles. The summed E-state index contributed by atoms with van der Waals surface area (Å²) in [7, 11) is 0. The molecule has 4 heteroatoms. The number of fused-ring (bicyclic) bond motifs is 1. The number of nitrogens with zero attached hydrogens (tertiary/aromatic N) is 1. The van der Waals surface area contributed by atoms with Crippen molar-refractivity contribution >= 4 is 16.9 Å². The van der Waals surface area contributed by atoms with E-state index in [-0.39, 0.29) is 11.8 Å². The summed E-state index contributed by atoms with van der Waals surface area (Å²) in [5.74, 6) is 0.852. The van der Waals surface area contributed by atoms with Crippen LogP contribution in [0, 0.1) is 12.8 Å². The fourth-order valence-electron chi connectivity index (χ4n) is 2.94. The molecular formula is C17H21NO3. The van der Waals surface area contributed by atoms with Gasteiger partial charge in [-0.1, -0.05) is 19.1 Å². The van der Waals surface area contributed by atoms with Crippen molar-refractivity contribution in [3.63, 3.8) is 0 Å². The molecule has 3 rings (SSSR count). The van der Waals surface area contributed by atoms with E-state index in [1.165, 1.54) is 0 Å². The lowest BCUT2D eigenvalue weighted by molar-refractivity contribution is -0.0439. The summed E-state index contributed by atoms with van der Waals surface area (Å²) in [4.78, 5) is 14.6. The van der Waals surface area contributed by atoms with Gasteiger partial charge in [0.05, 0.1) is 11.2 Å². The van der Waals surface area contributed by atoms with E-state index in [0.29, 0.717) is 30.7 Å². The Bertz CT molecular complexity index is 686. The molecule has 1 saturated heterocycles. The summed E-state index contributed by atoms with van der Waals surface area (Å²) in [6.07, 6.45) is 0.604. The lowest BCUT2D eigenvalue weighted by Gasteiger charge is -2.41. The van der Waals surface area contributed by atoms with E-state index in [4.69, 9.17) is 4.42 Å². The van der Waals surface area contributed by atoms with E-state index < -0.39 is 5.60 Å². The maximum atomic E-state index is 12.8. The third-order valence-corrected chi connectivity index (χ3v) is 4.63. The van der Waals surface area contributed by atoms with Crippen LogP contribution in [0.5, 0.6) is 0 Å². The molecule has 1 fully saturated rings. The normalized spacial score (nSPS) is 26.3. The zero-order valence-electron chi connectivity index (χ0n) is 12.7. The van der Waals surface area contributed by atoms with Gasteiger partial charge in [-0.3, -0.25) is 4.79 Å². The molecule has 21 heavy (non-hydrogen) atoms. The van der Waals surface area contributed by atoms with Gasteiger partial charge in [0, 0.05) is 24.4 Å². The quantitative estimate of drug-likeness (QED) is 0.877. The van der Waals surface area contributed by atoms with Crippen LogP contribution in [-0.2, 0) is 0 Å². The number of piperidine rings is 1. The third kappa shape index (κ3) is 2.44. The van der Waals surface area contributed by atoms with Gasteiger partial charge in [0.25, 0.3) is 5.91 Å². The molecule has 2 atom stereocenters. The molecular weight excluding hydrogens is 266 g/mol. The number of hydrogen-bond acceptors (Lipinski definition) is 3. The minimum absolute atomic E-state index is 0.0164. The van der Waals surface area contributed by atoms with E-state index in [9.17, 15) is 9.90 Å². The molecule has 0 unspecified atom stereocenters. The molecule has 1 N–H and O–H groups in total. The molecule has 2 heterocycles.